The van der Waals surface area contributed by atoms with E-state index in [0.29, 0.717) is 17.2 Å². The van der Waals surface area contributed by atoms with Crippen LogP contribution in [0.15, 0.2) is 18.2 Å². The van der Waals surface area contributed by atoms with Gasteiger partial charge in [-0.2, -0.15) is 0 Å². The number of nitrogens with zero attached hydrogens (tertiary/aromatic N) is 1. The number of carbonyl (C=O) groups excluding carboxylic acids is 1. The van der Waals surface area contributed by atoms with E-state index in [1.54, 1.807) is 18.2 Å². The fourth-order valence-electron chi connectivity index (χ4n) is 2.46. The van der Waals surface area contributed by atoms with Gasteiger partial charge in [0, 0.05) is 17.5 Å². The number of hydrogen-bond donors (Lipinski definition) is 1. The molecule has 1 aliphatic carbocycles. The van der Waals surface area contributed by atoms with Crippen LogP contribution in [-0.4, -0.2) is 40.6 Å². The summed E-state index contributed by atoms with van der Waals surface area (Å²) in [6.45, 7) is -0.263. The summed E-state index contributed by atoms with van der Waals surface area (Å²) in [5.74, 6) is -0.593. The highest BCUT2D eigenvalue weighted by Crippen LogP contribution is 2.34. The minimum Gasteiger partial charge on any atom is -0.480 e. The third kappa shape index (κ3) is 2.58. The molecular formula is C14H14ClNO4. The molecule has 6 heteroatoms. The topological polar surface area (TPSA) is 66.8 Å². The van der Waals surface area contributed by atoms with E-state index in [-0.39, 0.29) is 18.5 Å². The number of fused-ring (bicyclic) bond motifs is 1. The number of carbonyl (C=O) groups is 2. The molecular weight excluding hydrogens is 282 g/mol. The van der Waals surface area contributed by atoms with Crippen molar-refractivity contribution in [2.45, 2.75) is 31.4 Å². The standard InChI is InChI=1S/C14H14ClNO4/c15-9-1-4-11-8(5-9)6-12(20-11)14(19)16(7-13(17)18)10-2-3-10/h1,4-5,10,12H,2-3,6-7H2,(H,17,18). The van der Waals surface area contributed by atoms with E-state index in [9.17, 15) is 9.59 Å². The van der Waals surface area contributed by atoms with Gasteiger partial charge in [0.25, 0.3) is 5.91 Å². The Balaban J connectivity index is 1.74. The zero-order chi connectivity index (χ0) is 14.3. The fourth-order valence-corrected chi connectivity index (χ4v) is 2.65. The summed E-state index contributed by atoms with van der Waals surface area (Å²) >= 11 is 5.91. The predicted molar refractivity (Wildman–Crippen MR) is 71.9 cm³/mol. The first kappa shape index (κ1) is 13.2. The Hall–Kier alpha value is -1.75. The molecule has 1 aliphatic heterocycles. The first-order chi connectivity index (χ1) is 9.54. The molecule has 0 bridgehead atoms. The van der Waals surface area contributed by atoms with Crippen molar-refractivity contribution in [3.63, 3.8) is 0 Å². The van der Waals surface area contributed by atoms with Gasteiger partial charge >= 0.3 is 5.97 Å². The lowest BCUT2D eigenvalue weighted by atomic mass is 10.1. The number of rotatable bonds is 4. The van der Waals surface area contributed by atoms with Crippen molar-refractivity contribution in [2.75, 3.05) is 6.54 Å². The number of carboxylic acid groups (broad SMARTS) is 1. The smallest absolute Gasteiger partial charge is 0.323 e. The van der Waals surface area contributed by atoms with E-state index >= 15 is 0 Å². The summed E-state index contributed by atoms with van der Waals surface area (Å²) in [5.41, 5.74) is 0.891. The van der Waals surface area contributed by atoms with Gasteiger partial charge in [-0.25, -0.2) is 0 Å². The molecule has 1 atom stereocenters. The average Bonchev–Trinajstić information content (AvgIpc) is 3.14. The Morgan fingerprint density at radius 1 is 1.40 bits per heavy atom. The molecule has 1 fully saturated rings. The highest BCUT2D eigenvalue weighted by molar-refractivity contribution is 6.30. The van der Waals surface area contributed by atoms with Gasteiger partial charge in [-0.05, 0) is 36.6 Å². The van der Waals surface area contributed by atoms with Gasteiger partial charge in [0.1, 0.15) is 12.3 Å². The number of hydrogen-bond acceptors (Lipinski definition) is 3. The van der Waals surface area contributed by atoms with E-state index in [2.05, 4.69) is 0 Å². The van der Waals surface area contributed by atoms with Crippen molar-refractivity contribution >= 4 is 23.5 Å². The van der Waals surface area contributed by atoms with Crippen molar-refractivity contribution in [3.8, 4) is 5.75 Å². The summed E-state index contributed by atoms with van der Waals surface area (Å²) in [7, 11) is 0. The maximum absolute atomic E-state index is 12.4. The fraction of sp³-hybridized carbons (Fsp3) is 0.429. The number of benzene rings is 1. The highest BCUT2D eigenvalue weighted by atomic mass is 35.5. The van der Waals surface area contributed by atoms with E-state index < -0.39 is 12.1 Å². The first-order valence-electron chi connectivity index (χ1n) is 6.52. The second-order valence-corrected chi connectivity index (χ2v) is 5.59. The Bertz CT molecular complexity index is 570. The average molecular weight is 296 g/mol. The molecule has 1 N–H and O–H groups in total. The third-order valence-corrected chi connectivity index (χ3v) is 3.78. The summed E-state index contributed by atoms with van der Waals surface area (Å²) in [6, 6.07) is 5.28. The lowest BCUT2D eigenvalue weighted by Gasteiger charge is -2.23. The molecule has 1 heterocycles. The van der Waals surface area contributed by atoms with Crippen molar-refractivity contribution in [1.82, 2.24) is 4.90 Å². The Morgan fingerprint density at radius 2 is 2.15 bits per heavy atom. The normalized spacial score (nSPS) is 20.1. The van der Waals surface area contributed by atoms with E-state index in [4.69, 9.17) is 21.4 Å². The number of halogens is 1. The van der Waals surface area contributed by atoms with E-state index in [0.717, 1.165) is 18.4 Å². The summed E-state index contributed by atoms with van der Waals surface area (Å²) in [6.07, 6.45) is 1.54. The minimum atomic E-state index is -0.996. The van der Waals surface area contributed by atoms with Crippen molar-refractivity contribution in [3.05, 3.63) is 28.8 Å². The van der Waals surface area contributed by atoms with Crippen molar-refractivity contribution in [1.29, 1.82) is 0 Å². The van der Waals surface area contributed by atoms with E-state index in [1.165, 1.54) is 4.90 Å². The SMILES string of the molecule is O=C(O)CN(C(=O)C1Cc2cc(Cl)ccc2O1)C1CC1. The molecule has 20 heavy (non-hydrogen) atoms. The van der Waals surface area contributed by atoms with Crippen molar-refractivity contribution in [2.24, 2.45) is 0 Å². The molecule has 1 unspecified atom stereocenters. The van der Waals surface area contributed by atoms with Crippen LogP contribution in [0, 0.1) is 0 Å². The van der Waals surface area contributed by atoms with Crippen LogP contribution < -0.4 is 4.74 Å². The van der Waals surface area contributed by atoms with Crippen LogP contribution in [0.5, 0.6) is 5.75 Å². The maximum Gasteiger partial charge on any atom is 0.323 e. The maximum atomic E-state index is 12.4. The van der Waals surface area contributed by atoms with Gasteiger partial charge in [0.2, 0.25) is 0 Å². The molecule has 5 nitrogen and oxygen atoms in total. The monoisotopic (exact) mass is 295 g/mol. The van der Waals surface area contributed by atoms with Gasteiger partial charge in [-0.3, -0.25) is 9.59 Å². The van der Waals surface area contributed by atoms with E-state index in [1.807, 2.05) is 0 Å². The van der Waals surface area contributed by atoms with Crippen LogP contribution in [0.25, 0.3) is 0 Å². The number of carboxylic acids is 1. The molecule has 0 aromatic heterocycles. The quantitative estimate of drug-likeness (QED) is 0.918. The van der Waals surface area contributed by atoms with Crippen LogP contribution in [0.2, 0.25) is 5.02 Å². The van der Waals surface area contributed by atoms with Gasteiger partial charge in [0.05, 0.1) is 0 Å². The lowest BCUT2D eigenvalue weighted by molar-refractivity contribution is -0.148. The first-order valence-corrected chi connectivity index (χ1v) is 6.90. The zero-order valence-corrected chi connectivity index (χ0v) is 11.5. The van der Waals surface area contributed by atoms with Crippen LogP contribution in [0.1, 0.15) is 18.4 Å². The number of amides is 1. The molecule has 0 radical (unpaired) electrons. The molecule has 1 amide bonds. The summed E-state index contributed by atoms with van der Waals surface area (Å²) in [4.78, 5) is 24.7. The van der Waals surface area contributed by atoms with Crippen LogP contribution in [-0.2, 0) is 16.0 Å². The molecule has 1 saturated carbocycles. The van der Waals surface area contributed by atoms with Crippen LogP contribution in [0.3, 0.4) is 0 Å². The molecule has 0 spiro atoms. The predicted octanol–water partition coefficient (Wildman–Crippen LogP) is 1.72. The summed E-state index contributed by atoms with van der Waals surface area (Å²) < 4.78 is 5.62. The molecule has 2 aliphatic rings. The van der Waals surface area contributed by atoms with Crippen LogP contribution in [0.4, 0.5) is 0 Å². The molecule has 1 aromatic carbocycles. The Morgan fingerprint density at radius 3 is 2.80 bits per heavy atom. The second-order valence-electron chi connectivity index (χ2n) is 5.15. The second kappa shape index (κ2) is 4.98. The summed E-state index contributed by atoms with van der Waals surface area (Å²) in [5, 5.41) is 9.51. The Kier molecular flexibility index (Phi) is 3.30. The minimum absolute atomic E-state index is 0.0505. The van der Waals surface area contributed by atoms with Gasteiger partial charge in [0.15, 0.2) is 6.10 Å². The molecule has 106 valence electrons. The lowest BCUT2D eigenvalue weighted by Crippen LogP contribution is -2.45. The molecule has 3 rings (SSSR count). The van der Waals surface area contributed by atoms with Gasteiger partial charge in [-0.15, -0.1) is 0 Å². The Labute approximate surface area is 121 Å². The molecule has 1 aromatic rings. The zero-order valence-electron chi connectivity index (χ0n) is 10.7. The number of aliphatic carboxylic acids is 1. The third-order valence-electron chi connectivity index (χ3n) is 3.55. The van der Waals surface area contributed by atoms with Crippen molar-refractivity contribution < 1.29 is 19.4 Å². The highest BCUT2D eigenvalue weighted by Gasteiger charge is 2.40. The van der Waals surface area contributed by atoms with Crippen LogP contribution >= 0.6 is 11.6 Å². The van der Waals surface area contributed by atoms with Gasteiger partial charge < -0.3 is 14.7 Å². The molecule has 0 saturated heterocycles. The number of ether oxygens (including phenoxy) is 1. The van der Waals surface area contributed by atoms with Gasteiger partial charge in [-0.1, -0.05) is 11.6 Å². The largest absolute Gasteiger partial charge is 0.480 e.